The largest absolute Gasteiger partial charge is 0.394 e. The second-order valence-electron chi connectivity index (χ2n) is 4.52. The lowest BCUT2D eigenvalue weighted by atomic mass is 9.92. The van der Waals surface area contributed by atoms with Gasteiger partial charge >= 0.3 is 0 Å². The zero-order chi connectivity index (χ0) is 13.4. The highest BCUT2D eigenvalue weighted by Crippen LogP contribution is 2.27. The van der Waals surface area contributed by atoms with Gasteiger partial charge in [0.2, 0.25) is 11.8 Å². The van der Waals surface area contributed by atoms with Crippen LogP contribution in [-0.2, 0) is 14.3 Å². The number of carbonyl (C=O) groups excluding carboxylic acids is 2. The van der Waals surface area contributed by atoms with Crippen molar-refractivity contribution >= 4 is 11.8 Å². The number of fused-ring (bicyclic) bond motifs is 1. The summed E-state index contributed by atoms with van der Waals surface area (Å²) < 4.78 is 5.37. The summed E-state index contributed by atoms with van der Waals surface area (Å²) in [6, 6.07) is -1.73. The van der Waals surface area contributed by atoms with Crippen molar-refractivity contribution in [1.82, 2.24) is 10.6 Å². The third kappa shape index (κ3) is 2.07. The average molecular weight is 260 g/mol. The van der Waals surface area contributed by atoms with E-state index in [0.29, 0.717) is 0 Å². The van der Waals surface area contributed by atoms with E-state index < -0.39 is 54.9 Å². The smallest absolute Gasteiger partial charge is 0.245 e. The molecule has 2 saturated heterocycles. The maximum Gasteiger partial charge on any atom is 0.245 e. The van der Waals surface area contributed by atoms with Crippen molar-refractivity contribution in [2.75, 3.05) is 6.61 Å². The molecule has 0 aromatic rings. The molecular weight excluding hydrogens is 244 g/mol. The standard InChI is InChI=1S/C10H16N2O6/c1-3(14)11-6-9-5(12-10(6)17)8(16)7(15)4(2-13)18-9/h4-9,13,15-16H,2H2,1H3,(H,11,14)(H,12,17)/t4-,5-,6-,7+,8-,9+/m1/s1. The quantitative estimate of drug-likeness (QED) is 0.350. The van der Waals surface area contributed by atoms with E-state index in [-0.39, 0.29) is 0 Å². The first kappa shape index (κ1) is 13.2. The lowest BCUT2D eigenvalue weighted by Gasteiger charge is -2.39. The van der Waals surface area contributed by atoms with Gasteiger partial charge in [-0.2, -0.15) is 0 Å². The van der Waals surface area contributed by atoms with Crippen molar-refractivity contribution in [2.24, 2.45) is 0 Å². The summed E-state index contributed by atoms with van der Waals surface area (Å²) in [6.07, 6.45) is -4.32. The molecule has 2 aliphatic heterocycles. The number of ether oxygens (including phenoxy) is 1. The molecule has 5 N–H and O–H groups in total. The van der Waals surface area contributed by atoms with Crippen molar-refractivity contribution in [3.63, 3.8) is 0 Å². The molecular formula is C10H16N2O6. The fraction of sp³-hybridized carbons (Fsp3) is 0.800. The third-order valence-corrected chi connectivity index (χ3v) is 3.24. The molecule has 2 aliphatic rings. The van der Waals surface area contributed by atoms with Crippen molar-refractivity contribution in [3.8, 4) is 0 Å². The summed E-state index contributed by atoms with van der Waals surface area (Å²) in [5.74, 6) is -0.884. The fourth-order valence-corrected chi connectivity index (χ4v) is 2.37. The summed E-state index contributed by atoms with van der Waals surface area (Å²) in [7, 11) is 0. The van der Waals surface area contributed by atoms with Gasteiger partial charge in [0.25, 0.3) is 0 Å². The second kappa shape index (κ2) is 4.81. The van der Waals surface area contributed by atoms with E-state index >= 15 is 0 Å². The molecule has 0 aliphatic carbocycles. The first-order valence-corrected chi connectivity index (χ1v) is 5.65. The normalized spacial score (nSPS) is 43.2. The minimum atomic E-state index is -1.28. The molecule has 6 atom stereocenters. The fourth-order valence-electron chi connectivity index (χ4n) is 2.37. The lowest BCUT2D eigenvalue weighted by Crippen LogP contribution is -2.62. The topological polar surface area (TPSA) is 128 Å². The van der Waals surface area contributed by atoms with Crippen LogP contribution < -0.4 is 10.6 Å². The first-order chi connectivity index (χ1) is 8.45. The van der Waals surface area contributed by atoms with Gasteiger partial charge in [0.15, 0.2) is 0 Å². The van der Waals surface area contributed by atoms with E-state index in [9.17, 15) is 19.8 Å². The van der Waals surface area contributed by atoms with Gasteiger partial charge in [0, 0.05) is 6.92 Å². The van der Waals surface area contributed by atoms with Gasteiger partial charge in [-0.3, -0.25) is 9.59 Å². The van der Waals surface area contributed by atoms with Gasteiger partial charge in [0.05, 0.1) is 12.6 Å². The molecule has 0 spiro atoms. The van der Waals surface area contributed by atoms with Gasteiger partial charge < -0.3 is 30.7 Å². The van der Waals surface area contributed by atoms with Crippen LogP contribution in [0.4, 0.5) is 0 Å². The number of rotatable bonds is 2. The zero-order valence-electron chi connectivity index (χ0n) is 9.74. The molecule has 2 fully saturated rings. The Labute approximate surface area is 103 Å². The summed E-state index contributed by atoms with van der Waals surface area (Å²) in [5.41, 5.74) is 0. The summed E-state index contributed by atoms with van der Waals surface area (Å²) in [6.45, 7) is 0.778. The van der Waals surface area contributed by atoms with E-state index in [1.165, 1.54) is 6.92 Å². The number of hydrogen-bond donors (Lipinski definition) is 5. The minimum Gasteiger partial charge on any atom is -0.394 e. The lowest BCUT2D eigenvalue weighted by molar-refractivity contribution is -0.189. The van der Waals surface area contributed by atoms with Crippen molar-refractivity contribution in [3.05, 3.63) is 0 Å². The molecule has 0 radical (unpaired) electrons. The highest BCUT2D eigenvalue weighted by Gasteiger charge is 2.54. The number of amides is 2. The predicted octanol–water partition coefficient (Wildman–Crippen LogP) is -3.53. The second-order valence-corrected chi connectivity index (χ2v) is 4.52. The molecule has 2 rings (SSSR count). The number of aliphatic hydroxyl groups is 3. The zero-order valence-corrected chi connectivity index (χ0v) is 9.74. The molecule has 102 valence electrons. The van der Waals surface area contributed by atoms with Crippen LogP contribution in [0.1, 0.15) is 6.92 Å². The Balaban J connectivity index is 2.19. The highest BCUT2D eigenvalue weighted by atomic mass is 16.5. The van der Waals surface area contributed by atoms with E-state index in [2.05, 4.69) is 10.6 Å². The molecule has 0 aromatic carbocycles. The van der Waals surface area contributed by atoms with Crippen LogP contribution in [0.5, 0.6) is 0 Å². The Hall–Kier alpha value is -1.22. The van der Waals surface area contributed by atoms with Gasteiger partial charge in [-0.25, -0.2) is 0 Å². The molecule has 0 bridgehead atoms. The molecule has 18 heavy (non-hydrogen) atoms. The number of carbonyl (C=O) groups is 2. The van der Waals surface area contributed by atoms with Crippen LogP contribution in [0.3, 0.4) is 0 Å². The molecule has 0 unspecified atom stereocenters. The van der Waals surface area contributed by atoms with Crippen molar-refractivity contribution in [2.45, 2.75) is 43.4 Å². The van der Waals surface area contributed by atoms with Gasteiger partial charge in [-0.05, 0) is 0 Å². The first-order valence-electron chi connectivity index (χ1n) is 5.65. The van der Waals surface area contributed by atoms with E-state index in [1.54, 1.807) is 0 Å². The Morgan fingerprint density at radius 3 is 2.67 bits per heavy atom. The summed E-state index contributed by atoms with van der Waals surface area (Å²) >= 11 is 0. The molecule has 2 heterocycles. The van der Waals surface area contributed by atoms with Crippen LogP contribution in [-0.4, -0.2) is 70.2 Å². The Morgan fingerprint density at radius 2 is 2.11 bits per heavy atom. The SMILES string of the molecule is CC(=O)N[C@H]1C(=O)N[C@@H]2[C@@H](O)[C@@H](O)[C@@H](CO)O[C@@H]21. The van der Waals surface area contributed by atoms with Gasteiger partial charge in [0.1, 0.15) is 30.5 Å². The van der Waals surface area contributed by atoms with E-state index in [4.69, 9.17) is 9.84 Å². The van der Waals surface area contributed by atoms with Gasteiger partial charge in [-0.15, -0.1) is 0 Å². The molecule has 0 saturated carbocycles. The Bertz CT molecular complexity index is 362. The van der Waals surface area contributed by atoms with Gasteiger partial charge in [-0.1, -0.05) is 0 Å². The monoisotopic (exact) mass is 260 g/mol. The van der Waals surface area contributed by atoms with Crippen LogP contribution in [0.15, 0.2) is 0 Å². The molecule has 2 amide bonds. The average Bonchev–Trinajstić information content (AvgIpc) is 2.61. The van der Waals surface area contributed by atoms with E-state index in [0.717, 1.165) is 0 Å². The third-order valence-electron chi connectivity index (χ3n) is 3.24. The van der Waals surface area contributed by atoms with Crippen LogP contribution >= 0.6 is 0 Å². The molecule has 8 nitrogen and oxygen atoms in total. The molecule has 0 aromatic heterocycles. The van der Waals surface area contributed by atoms with Crippen LogP contribution in [0.2, 0.25) is 0 Å². The summed E-state index contributed by atoms with van der Waals surface area (Å²) in [5, 5.41) is 33.4. The molecule has 8 heteroatoms. The van der Waals surface area contributed by atoms with Crippen molar-refractivity contribution in [1.29, 1.82) is 0 Å². The Kier molecular flexibility index (Phi) is 3.53. The van der Waals surface area contributed by atoms with Crippen LogP contribution in [0.25, 0.3) is 0 Å². The predicted molar refractivity (Wildman–Crippen MR) is 57.3 cm³/mol. The minimum absolute atomic E-state index is 0.402. The summed E-state index contributed by atoms with van der Waals surface area (Å²) in [4.78, 5) is 22.7. The maximum absolute atomic E-state index is 11.7. The van der Waals surface area contributed by atoms with Crippen molar-refractivity contribution < 1.29 is 29.6 Å². The highest BCUT2D eigenvalue weighted by molar-refractivity contribution is 5.90. The number of hydrogen-bond acceptors (Lipinski definition) is 6. The number of nitrogens with one attached hydrogen (secondary N) is 2. The van der Waals surface area contributed by atoms with E-state index in [1.807, 2.05) is 0 Å². The Morgan fingerprint density at radius 1 is 1.44 bits per heavy atom. The number of aliphatic hydroxyl groups excluding tert-OH is 3. The maximum atomic E-state index is 11.7. The van der Waals surface area contributed by atoms with Crippen LogP contribution in [0, 0.1) is 0 Å².